The molecule has 1 fully saturated rings. The maximum absolute atomic E-state index is 8.98. The Bertz CT molecular complexity index is 399. The van der Waals surface area contributed by atoms with Crippen LogP contribution < -0.4 is 5.32 Å². The molecule has 3 nitrogen and oxygen atoms in total. The van der Waals surface area contributed by atoms with Crippen LogP contribution in [0.15, 0.2) is 30.3 Å². The second-order valence-corrected chi connectivity index (χ2v) is 4.94. The van der Waals surface area contributed by atoms with Gasteiger partial charge < -0.3 is 10.1 Å². The maximum atomic E-state index is 8.98. The van der Waals surface area contributed by atoms with Gasteiger partial charge in [0.15, 0.2) is 0 Å². The number of nitrogens with zero attached hydrogens (tertiary/aromatic N) is 1. The van der Waals surface area contributed by atoms with Crippen molar-refractivity contribution in [3.63, 3.8) is 0 Å². The number of benzene rings is 1. The molecule has 0 aromatic heterocycles. The molecule has 0 radical (unpaired) electrons. The van der Waals surface area contributed by atoms with Gasteiger partial charge in [-0.1, -0.05) is 37.3 Å². The van der Waals surface area contributed by atoms with Crippen molar-refractivity contribution in [2.75, 3.05) is 13.2 Å². The molecule has 3 heteroatoms. The average Bonchev–Trinajstić information content (AvgIpc) is 2.42. The lowest BCUT2D eigenvalue weighted by Gasteiger charge is -2.32. The van der Waals surface area contributed by atoms with Gasteiger partial charge in [-0.05, 0) is 17.9 Å². The Morgan fingerprint density at radius 2 is 2.22 bits per heavy atom. The van der Waals surface area contributed by atoms with Gasteiger partial charge in [-0.15, -0.1) is 0 Å². The Labute approximate surface area is 109 Å². The zero-order valence-electron chi connectivity index (χ0n) is 10.8. The standard InChI is InChI=1S/C15H20N2O/c1-12-11-18-10-8-14(12)17-15(7-9-16)13-5-3-2-4-6-13/h2-6,12,14-15,17H,7-8,10-11H2,1H3. The fraction of sp³-hybridized carbons (Fsp3) is 0.533. The van der Waals surface area contributed by atoms with Crippen LogP contribution in [-0.2, 0) is 4.74 Å². The van der Waals surface area contributed by atoms with Crippen molar-refractivity contribution < 1.29 is 4.74 Å². The van der Waals surface area contributed by atoms with Crippen LogP contribution in [0.5, 0.6) is 0 Å². The van der Waals surface area contributed by atoms with Crippen LogP contribution in [-0.4, -0.2) is 19.3 Å². The smallest absolute Gasteiger partial charge is 0.0641 e. The highest BCUT2D eigenvalue weighted by Crippen LogP contribution is 2.21. The van der Waals surface area contributed by atoms with E-state index in [0.29, 0.717) is 18.4 Å². The van der Waals surface area contributed by atoms with Crippen LogP contribution in [0, 0.1) is 17.2 Å². The highest BCUT2D eigenvalue weighted by atomic mass is 16.5. The first-order chi connectivity index (χ1) is 8.81. The summed E-state index contributed by atoms with van der Waals surface area (Å²) in [5.41, 5.74) is 1.19. The highest BCUT2D eigenvalue weighted by molar-refractivity contribution is 5.20. The fourth-order valence-corrected chi connectivity index (χ4v) is 2.44. The van der Waals surface area contributed by atoms with E-state index in [-0.39, 0.29) is 6.04 Å². The maximum Gasteiger partial charge on any atom is 0.0641 e. The van der Waals surface area contributed by atoms with E-state index in [1.54, 1.807) is 0 Å². The Kier molecular flexibility index (Phi) is 4.74. The number of hydrogen-bond acceptors (Lipinski definition) is 3. The molecule has 2 rings (SSSR count). The Balaban J connectivity index is 2.04. The molecule has 0 amide bonds. The van der Waals surface area contributed by atoms with Crippen LogP contribution in [0.1, 0.15) is 31.4 Å². The van der Waals surface area contributed by atoms with Gasteiger partial charge in [-0.3, -0.25) is 0 Å². The molecule has 0 spiro atoms. The Hall–Kier alpha value is -1.37. The summed E-state index contributed by atoms with van der Waals surface area (Å²) in [6.07, 6.45) is 1.53. The number of nitrogens with one attached hydrogen (secondary N) is 1. The third-order valence-corrected chi connectivity index (χ3v) is 3.55. The van der Waals surface area contributed by atoms with Crippen molar-refractivity contribution in [2.24, 2.45) is 5.92 Å². The van der Waals surface area contributed by atoms with Gasteiger partial charge in [0.1, 0.15) is 0 Å². The zero-order chi connectivity index (χ0) is 12.8. The van der Waals surface area contributed by atoms with Crippen LogP contribution in [0.4, 0.5) is 0 Å². The average molecular weight is 244 g/mol. The second-order valence-electron chi connectivity index (χ2n) is 4.94. The first kappa shape index (κ1) is 13.1. The quantitative estimate of drug-likeness (QED) is 0.885. The van der Waals surface area contributed by atoms with Crippen molar-refractivity contribution in [1.82, 2.24) is 5.32 Å². The SMILES string of the molecule is CC1COCCC1NC(CC#N)c1ccccc1. The number of nitriles is 1. The third kappa shape index (κ3) is 3.32. The van der Waals surface area contributed by atoms with E-state index in [0.717, 1.165) is 19.6 Å². The first-order valence-corrected chi connectivity index (χ1v) is 6.57. The van der Waals surface area contributed by atoms with Gasteiger partial charge in [0.05, 0.1) is 19.1 Å². The molecule has 3 atom stereocenters. The number of hydrogen-bond donors (Lipinski definition) is 1. The Morgan fingerprint density at radius 1 is 1.44 bits per heavy atom. The van der Waals surface area contributed by atoms with Crippen LogP contribution in [0.25, 0.3) is 0 Å². The summed E-state index contributed by atoms with van der Waals surface area (Å²) in [7, 11) is 0. The van der Waals surface area contributed by atoms with Gasteiger partial charge in [0.2, 0.25) is 0 Å². The van der Waals surface area contributed by atoms with Crippen LogP contribution >= 0.6 is 0 Å². The second kappa shape index (κ2) is 6.53. The molecule has 1 N–H and O–H groups in total. The van der Waals surface area contributed by atoms with Crippen molar-refractivity contribution in [2.45, 2.75) is 31.8 Å². The lowest BCUT2D eigenvalue weighted by molar-refractivity contribution is 0.0358. The van der Waals surface area contributed by atoms with Crippen molar-refractivity contribution in [3.8, 4) is 6.07 Å². The summed E-state index contributed by atoms with van der Waals surface area (Å²) in [6.45, 7) is 3.83. The van der Waals surface area contributed by atoms with Crippen molar-refractivity contribution >= 4 is 0 Å². The number of ether oxygens (including phenoxy) is 1. The van der Waals surface area contributed by atoms with E-state index in [1.807, 2.05) is 18.2 Å². The molecule has 3 unspecified atom stereocenters. The summed E-state index contributed by atoms with van der Waals surface area (Å²) < 4.78 is 5.45. The molecule has 96 valence electrons. The van der Waals surface area contributed by atoms with E-state index in [4.69, 9.17) is 10.00 Å². The molecule has 18 heavy (non-hydrogen) atoms. The molecule has 0 bridgehead atoms. The van der Waals surface area contributed by atoms with E-state index in [2.05, 4.69) is 30.4 Å². The molecular formula is C15H20N2O. The monoisotopic (exact) mass is 244 g/mol. The summed E-state index contributed by atoms with van der Waals surface area (Å²) in [6, 6.07) is 13.1. The summed E-state index contributed by atoms with van der Waals surface area (Å²) in [5, 5.41) is 12.6. The predicted octanol–water partition coefficient (Wildman–Crippen LogP) is 2.66. The van der Waals surface area contributed by atoms with E-state index >= 15 is 0 Å². The predicted molar refractivity (Wildman–Crippen MR) is 70.9 cm³/mol. The van der Waals surface area contributed by atoms with Gasteiger partial charge in [0, 0.05) is 18.7 Å². The lowest BCUT2D eigenvalue weighted by Crippen LogP contribution is -2.43. The minimum absolute atomic E-state index is 0.127. The molecule has 0 aliphatic carbocycles. The normalized spacial score (nSPS) is 25.3. The minimum Gasteiger partial charge on any atom is -0.381 e. The summed E-state index contributed by atoms with van der Waals surface area (Å²) in [5.74, 6) is 0.503. The third-order valence-electron chi connectivity index (χ3n) is 3.55. The Morgan fingerprint density at radius 3 is 2.89 bits per heavy atom. The van der Waals surface area contributed by atoms with Crippen LogP contribution in [0.3, 0.4) is 0 Å². The molecule has 0 saturated carbocycles. The lowest BCUT2D eigenvalue weighted by atomic mass is 9.94. The van der Waals surface area contributed by atoms with Crippen LogP contribution in [0.2, 0.25) is 0 Å². The molecule has 1 heterocycles. The van der Waals surface area contributed by atoms with Gasteiger partial charge in [-0.25, -0.2) is 0 Å². The number of rotatable bonds is 4. The van der Waals surface area contributed by atoms with Gasteiger partial charge >= 0.3 is 0 Å². The highest BCUT2D eigenvalue weighted by Gasteiger charge is 2.24. The molecular weight excluding hydrogens is 224 g/mol. The van der Waals surface area contributed by atoms with Crippen molar-refractivity contribution in [1.29, 1.82) is 5.26 Å². The largest absolute Gasteiger partial charge is 0.381 e. The molecule has 1 aromatic rings. The summed E-state index contributed by atoms with van der Waals surface area (Å²) in [4.78, 5) is 0. The molecule has 1 saturated heterocycles. The summed E-state index contributed by atoms with van der Waals surface area (Å²) >= 11 is 0. The minimum atomic E-state index is 0.127. The van der Waals surface area contributed by atoms with Gasteiger partial charge in [0.25, 0.3) is 0 Å². The molecule has 1 aliphatic heterocycles. The van der Waals surface area contributed by atoms with E-state index < -0.39 is 0 Å². The van der Waals surface area contributed by atoms with Gasteiger partial charge in [-0.2, -0.15) is 5.26 Å². The topological polar surface area (TPSA) is 45.0 Å². The van der Waals surface area contributed by atoms with Crippen molar-refractivity contribution in [3.05, 3.63) is 35.9 Å². The molecule has 1 aliphatic rings. The fourth-order valence-electron chi connectivity index (χ4n) is 2.44. The van der Waals surface area contributed by atoms with E-state index in [1.165, 1.54) is 5.56 Å². The molecule has 1 aromatic carbocycles. The van der Waals surface area contributed by atoms with E-state index in [9.17, 15) is 0 Å². The zero-order valence-corrected chi connectivity index (χ0v) is 10.8. The first-order valence-electron chi connectivity index (χ1n) is 6.57.